The van der Waals surface area contributed by atoms with Crippen LogP contribution < -0.4 is 5.32 Å². The zero-order valence-corrected chi connectivity index (χ0v) is 6.14. The first-order chi connectivity index (χ1) is 4.97. The molecule has 0 aromatic heterocycles. The van der Waals surface area contributed by atoms with Gasteiger partial charge in [0.25, 0.3) is 0 Å². The maximum Gasteiger partial charge on any atom is 0.0471 e. The van der Waals surface area contributed by atoms with Crippen molar-refractivity contribution in [2.45, 2.75) is 31.7 Å². The second-order valence-electron chi connectivity index (χ2n) is 3.04. The Kier molecular flexibility index (Phi) is 1.50. The molecule has 10 heavy (non-hydrogen) atoms. The fourth-order valence-corrected chi connectivity index (χ4v) is 1.73. The van der Waals surface area contributed by atoms with Crippen molar-refractivity contribution in [3.8, 4) is 0 Å². The van der Waals surface area contributed by atoms with Gasteiger partial charge in [0.1, 0.15) is 0 Å². The fourth-order valence-electron chi connectivity index (χ4n) is 1.73. The van der Waals surface area contributed by atoms with Crippen molar-refractivity contribution >= 4 is 0 Å². The van der Waals surface area contributed by atoms with Crippen molar-refractivity contribution < 1.29 is 0 Å². The van der Waals surface area contributed by atoms with Gasteiger partial charge in [-0.15, -0.1) is 0 Å². The predicted octanol–water partition coefficient (Wildman–Crippen LogP) is 1.97. The van der Waals surface area contributed by atoms with Crippen LogP contribution in [0.4, 0.5) is 0 Å². The van der Waals surface area contributed by atoms with Gasteiger partial charge in [0.15, 0.2) is 0 Å². The predicted molar refractivity (Wildman–Crippen MR) is 42.6 cm³/mol. The minimum Gasteiger partial charge on any atom is -0.385 e. The number of hydrogen-bond acceptors (Lipinski definition) is 1. The van der Waals surface area contributed by atoms with Crippen LogP contribution in [-0.2, 0) is 0 Å². The Bertz CT molecular complexity index is 179. The molecular formula is C9H13N. The van der Waals surface area contributed by atoms with Crippen LogP contribution in [-0.4, -0.2) is 6.04 Å². The molecule has 1 heteroatoms. The smallest absolute Gasteiger partial charge is 0.0471 e. The maximum atomic E-state index is 3.37. The summed E-state index contributed by atoms with van der Waals surface area (Å²) >= 11 is 0. The molecule has 0 radical (unpaired) electrons. The Morgan fingerprint density at radius 2 is 2.50 bits per heavy atom. The van der Waals surface area contributed by atoms with E-state index in [2.05, 4.69) is 23.7 Å². The molecule has 0 saturated carbocycles. The standard InChI is InChI=1S/C9H13N/c1-2-6-9-8(4-1)5-3-7-10-9/h3-4,7,9-10H,1-2,5-6H2. The van der Waals surface area contributed by atoms with E-state index in [4.69, 9.17) is 0 Å². The Morgan fingerprint density at radius 1 is 1.50 bits per heavy atom. The first-order valence-corrected chi connectivity index (χ1v) is 4.07. The molecule has 1 heterocycles. The van der Waals surface area contributed by atoms with Crippen LogP contribution in [0.1, 0.15) is 25.7 Å². The Hall–Kier alpha value is -0.720. The molecule has 0 aromatic rings. The molecule has 2 aliphatic rings. The third kappa shape index (κ3) is 0.962. The van der Waals surface area contributed by atoms with E-state index in [9.17, 15) is 0 Å². The van der Waals surface area contributed by atoms with Crippen LogP contribution in [0.5, 0.6) is 0 Å². The van der Waals surface area contributed by atoms with Gasteiger partial charge in [-0.1, -0.05) is 12.2 Å². The molecule has 1 N–H and O–H groups in total. The molecule has 1 aliphatic heterocycles. The molecule has 1 unspecified atom stereocenters. The summed E-state index contributed by atoms with van der Waals surface area (Å²) in [7, 11) is 0. The monoisotopic (exact) mass is 135 g/mol. The first kappa shape index (κ1) is 6.02. The van der Waals surface area contributed by atoms with Crippen molar-refractivity contribution in [2.75, 3.05) is 0 Å². The van der Waals surface area contributed by atoms with E-state index < -0.39 is 0 Å². The highest BCUT2D eigenvalue weighted by atomic mass is 14.9. The summed E-state index contributed by atoms with van der Waals surface area (Å²) in [4.78, 5) is 0. The van der Waals surface area contributed by atoms with E-state index in [1.54, 1.807) is 5.57 Å². The quantitative estimate of drug-likeness (QED) is 0.501. The van der Waals surface area contributed by atoms with Crippen molar-refractivity contribution in [3.05, 3.63) is 23.9 Å². The fraction of sp³-hybridized carbons (Fsp3) is 0.556. The lowest BCUT2D eigenvalue weighted by molar-refractivity contribution is 0.537. The lowest BCUT2D eigenvalue weighted by Crippen LogP contribution is -2.30. The summed E-state index contributed by atoms with van der Waals surface area (Å²) in [6.45, 7) is 0. The highest BCUT2D eigenvalue weighted by molar-refractivity contribution is 5.21. The van der Waals surface area contributed by atoms with Gasteiger partial charge in [-0.05, 0) is 37.5 Å². The van der Waals surface area contributed by atoms with Gasteiger partial charge in [-0.3, -0.25) is 0 Å². The van der Waals surface area contributed by atoms with Gasteiger partial charge in [0, 0.05) is 6.04 Å². The van der Waals surface area contributed by atoms with Gasteiger partial charge >= 0.3 is 0 Å². The maximum absolute atomic E-state index is 3.37. The lowest BCUT2D eigenvalue weighted by atomic mass is 9.90. The summed E-state index contributed by atoms with van der Waals surface area (Å²) in [6, 6.07) is 0.679. The van der Waals surface area contributed by atoms with E-state index in [0.717, 1.165) is 0 Å². The van der Waals surface area contributed by atoms with Crippen LogP contribution in [0.3, 0.4) is 0 Å². The van der Waals surface area contributed by atoms with Gasteiger partial charge in [0.2, 0.25) is 0 Å². The SMILES string of the molecule is C1=CNC2CCCC=C2C1. The van der Waals surface area contributed by atoms with Crippen molar-refractivity contribution in [1.29, 1.82) is 0 Å². The van der Waals surface area contributed by atoms with Crippen LogP contribution in [0.25, 0.3) is 0 Å². The van der Waals surface area contributed by atoms with Crippen LogP contribution >= 0.6 is 0 Å². The number of nitrogens with one attached hydrogen (secondary N) is 1. The number of hydrogen-bond donors (Lipinski definition) is 1. The Balaban J connectivity index is 2.17. The van der Waals surface area contributed by atoms with Gasteiger partial charge < -0.3 is 5.32 Å². The first-order valence-electron chi connectivity index (χ1n) is 4.07. The van der Waals surface area contributed by atoms with Crippen molar-refractivity contribution in [2.24, 2.45) is 0 Å². The highest BCUT2D eigenvalue weighted by Gasteiger charge is 2.16. The molecule has 0 amide bonds. The molecule has 0 aromatic carbocycles. The average molecular weight is 135 g/mol. The molecule has 0 saturated heterocycles. The lowest BCUT2D eigenvalue weighted by Gasteiger charge is -2.26. The van der Waals surface area contributed by atoms with E-state index in [1.807, 2.05) is 0 Å². The largest absolute Gasteiger partial charge is 0.385 e. The molecule has 0 fully saturated rings. The summed E-state index contributed by atoms with van der Waals surface area (Å²) in [5.41, 5.74) is 1.61. The van der Waals surface area contributed by atoms with E-state index in [-0.39, 0.29) is 0 Å². The third-order valence-corrected chi connectivity index (χ3v) is 2.32. The minimum atomic E-state index is 0.679. The molecular weight excluding hydrogens is 122 g/mol. The summed E-state index contributed by atoms with van der Waals surface area (Å²) < 4.78 is 0. The second-order valence-corrected chi connectivity index (χ2v) is 3.04. The summed E-state index contributed by atoms with van der Waals surface area (Å²) in [5.74, 6) is 0. The highest BCUT2D eigenvalue weighted by Crippen LogP contribution is 2.23. The molecule has 0 bridgehead atoms. The Labute approximate surface area is 61.8 Å². The van der Waals surface area contributed by atoms with Gasteiger partial charge in [-0.2, -0.15) is 0 Å². The normalized spacial score (nSPS) is 30.4. The summed E-state index contributed by atoms with van der Waals surface area (Å²) in [6.07, 6.45) is 11.8. The van der Waals surface area contributed by atoms with Crippen molar-refractivity contribution in [1.82, 2.24) is 5.32 Å². The third-order valence-electron chi connectivity index (χ3n) is 2.32. The zero-order chi connectivity index (χ0) is 6.81. The molecule has 1 atom stereocenters. The van der Waals surface area contributed by atoms with Gasteiger partial charge in [0.05, 0.1) is 0 Å². The zero-order valence-electron chi connectivity index (χ0n) is 6.14. The van der Waals surface area contributed by atoms with E-state index in [0.29, 0.717) is 6.04 Å². The van der Waals surface area contributed by atoms with Gasteiger partial charge in [-0.25, -0.2) is 0 Å². The van der Waals surface area contributed by atoms with E-state index in [1.165, 1.54) is 25.7 Å². The average Bonchev–Trinajstić information content (AvgIpc) is 2.05. The molecule has 1 nitrogen and oxygen atoms in total. The summed E-state index contributed by atoms with van der Waals surface area (Å²) in [5, 5.41) is 3.37. The second kappa shape index (κ2) is 2.49. The van der Waals surface area contributed by atoms with Crippen molar-refractivity contribution in [3.63, 3.8) is 0 Å². The minimum absolute atomic E-state index is 0.679. The topological polar surface area (TPSA) is 12.0 Å². The number of allylic oxidation sites excluding steroid dienone is 2. The Morgan fingerprint density at radius 3 is 3.40 bits per heavy atom. The number of rotatable bonds is 0. The molecule has 2 rings (SSSR count). The number of fused-ring (bicyclic) bond motifs is 1. The van der Waals surface area contributed by atoms with E-state index >= 15 is 0 Å². The molecule has 54 valence electrons. The molecule has 1 aliphatic carbocycles. The van der Waals surface area contributed by atoms with Crippen LogP contribution in [0, 0.1) is 0 Å². The molecule has 0 spiro atoms. The van der Waals surface area contributed by atoms with Crippen LogP contribution in [0.15, 0.2) is 23.9 Å². The van der Waals surface area contributed by atoms with Crippen LogP contribution in [0.2, 0.25) is 0 Å².